The lowest BCUT2D eigenvalue weighted by Gasteiger charge is -2.46. The number of benzene rings is 1. The van der Waals surface area contributed by atoms with Gasteiger partial charge in [-0.3, -0.25) is 4.79 Å². The van der Waals surface area contributed by atoms with Crippen molar-refractivity contribution >= 4 is 36.8 Å². The summed E-state index contributed by atoms with van der Waals surface area (Å²) in [5.41, 5.74) is -1.45. The number of hydrogen-bond donors (Lipinski definition) is 1. The topological polar surface area (TPSA) is 92.3 Å². The molecule has 2 aliphatic heterocycles. The van der Waals surface area contributed by atoms with Crippen LogP contribution in [-0.4, -0.2) is 73.4 Å². The molecule has 0 saturated carbocycles. The van der Waals surface area contributed by atoms with Gasteiger partial charge in [0.15, 0.2) is 30.5 Å². The first-order chi connectivity index (χ1) is 21.7. The lowest BCUT2D eigenvalue weighted by molar-refractivity contribution is -0.150. The first kappa shape index (κ1) is 39.1. The number of rotatable bonds is 20. The molecule has 2 fully saturated rings. The van der Waals surface area contributed by atoms with E-state index in [1.807, 2.05) is 25.1 Å². The number of fused-ring (bicyclic) bond motifs is 1. The Morgan fingerprint density at radius 1 is 0.891 bits per heavy atom. The van der Waals surface area contributed by atoms with E-state index < -0.39 is 54.1 Å². The summed E-state index contributed by atoms with van der Waals surface area (Å²) >= 11 is 0. The lowest BCUT2D eigenvalue weighted by Crippen LogP contribution is -2.68. The largest absolute Gasteiger partial charge is 0.457 e. The van der Waals surface area contributed by atoms with Crippen LogP contribution in [0.3, 0.4) is 0 Å². The lowest BCUT2D eigenvalue weighted by atomic mass is 9.72. The highest BCUT2D eigenvalue weighted by molar-refractivity contribution is 6.74. The van der Waals surface area contributed by atoms with Crippen molar-refractivity contribution < 1.29 is 32.3 Å². The van der Waals surface area contributed by atoms with Crippen molar-refractivity contribution in [1.29, 1.82) is 0 Å². The van der Waals surface area contributed by atoms with E-state index in [2.05, 4.69) is 85.6 Å². The third kappa shape index (κ3) is 7.92. The van der Waals surface area contributed by atoms with Crippen molar-refractivity contribution in [2.45, 2.75) is 148 Å². The molecular weight excluding hydrogens is 631 g/mol. The molecular formula is C35H63NO7Si3. The summed E-state index contributed by atoms with van der Waals surface area (Å²) in [6, 6.07) is 16.1. The minimum Gasteiger partial charge on any atom is -0.457 e. The maximum atomic E-state index is 14.2. The number of nitrogens with one attached hydrogen (secondary N) is 1. The Bertz CT molecular complexity index is 1120. The minimum atomic E-state index is -2.32. The maximum Gasteiger partial charge on any atom is 0.337 e. The van der Waals surface area contributed by atoms with E-state index in [-0.39, 0.29) is 24.5 Å². The fourth-order valence-corrected chi connectivity index (χ4v) is 14.6. The molecule has 1 N–H and O–H groups in total. The highest BCUT2D eigenvalue weighted by Crippen LogP contribution is 2.53. The van der Waals surface area contributed by atoms with Crippen molar-refractivity contribution in [3.63, 3.8) is 0 Å². The van der Waals surface area contributed by atoms with E-state index in [1.54, 1.807) is 0 Å². The van der Waals surface area contributed by atoms with Gasteiger partial charge in [0.05, 0.1) is 31.8 Å². The van der Waals surface area contributed by atoms with Gasteiger partial charge >= 0.3 is 5.97 Å². The van der Waals surface area contributed by atoms with Gasteiger partial charge in [0.2, 0.25) is 5.91 Å². The summed E-state index contributed by atoms with van der Waals surface area (Å²) in [7, 11) is -6.43. The SMILES string of the molecule is CC[Si](CC)(CC)OC[C@]12NC(=O)[C@H](C)[C@@]1(O[Si](C)(C)C)[C@H](C[C@@H](C)[C@H](COCc1ccccc1)O[Si](CC)(CC)CC)OC2=O. The summed E-state index contributed by atoms with van der Waals surface area (Å²) in [5, 5.41) is 3.12. The van der Waals surface area contributed by atoms with Crippen LogP contribution in [0.15, 0.2) is 30.3 Å². The smallest absolute Gasteiger partial charge is 0.337 e. The first-order valence-corrected chi connectivity index (χ1v) is 26.3. The van der Waals surface area contributed by atoms with Crippen molar-refractivity contribution in [1.82, 2.24) is 5.32 Å². The number of carbonyl (C=O) groups is 2. The van der Waals surface area contributed by atoms with Gasteiger partial charge in [-0.2, -0.15) is 0 Å². The molecule has 262 valence electrons. The van der Waals surface area contributed by atoms with Crippen LogP contribution in [0.25, 0.3) is 0 Å². The molecule has 46 heavy (non-hydrogen) atoms. The molecule has 0 radical (unpaired) electrons. The molecule has 2 saturated heterocycles. The molecule has 0 spiro atoms. The summed E-state index contributed by atoms with van der Waals surface area (Å²) in [6.07, 6.45) is -0.331. The van der Waals surface area contributed by atoms with Crippen LogP contribution in [0, 0.1) is 11.8 Å². The summed E-state index contributed by atoms with van der Waals surface area (Å²) in [5.74, 6) is -1.23. The number of hydrogen-bond acceptors (Lipinski definition) is 7. The van der Waals surface area contributed by atoms with E-state index in [0.29, 0.717) is 19.6 Å². The molecule has 11 heteroatoms. The predicted octanol–water partition coefficient (Wildman–Crippen LogP) is 7.66. The number of cyclic esters (lactones) is 1. The van der Waals surface area contributed by atoms with Gasteiger partial charge < -0.3 is 28.1 Å². The Balaban J connectivity index is 2.00. The average molecular weight is 694 g/mol. The van der Waals surface area contributed by atoms with Crippen LogP contribution in [0.2, 0.25) is 55.9 Å². The Hall–Kier alpha value is -1.35. The van der Waals surface area contributed by atoms with Crippen molar-refractivity contribution in [2.24, 2.45) is 11.8 Å². The second kappa shape index (κ2) is 15.9. The van der Waals surface area contributed by atoms with Crippen LogP contribution < -0.4 is 5.32 Å². The van der Waals surface area contributed by atoms with Crippen molar-refractivity contribution in [2.75, 3.05) is 13.2 Å². The Morgan fingerprint density at radius 2 is 1.46 bits per heavy atom. The highest BCUT2D eigenvalue weighted by atomic mass is 28.4. The average Bonchev–Trinajstić information content (AvgIpc) is 3.38. The zero-order valence-electron chi connectivity index (χ0n) is 30.6. The minimum absolute atomic E-state index is 0.0257. The van der Waals surface area contributed by atoms with Gasteiger partial charge in [-0.15, -0.1) is 0 Å². The third-order valence-corrected chi connectivity index (χ3v) is 21.3. The Kier molecular flexibility index (Phi) is 13.5. The molecule has 1 amide bonds. The molecule has 2 heterocycles. The van der Waals surface area contributed by atoms with Crippen molar-refractivity contribution in [3.05, 3.63) is 35.9 Å². The Morgan fingerprint density at radius 3 is 1.98 bits per heavy atom. The maximum absolute atomic E-state index is 14.2. The third-order valence-electron chi connectivity index (χ3n) is 11.1. The van der Waals surface area contributed by atoms with Crippen LogP contribution in [0.5, 0.6) is 0 Å². The number of esters is 1. The molecule has 0 bridgehead atoms. The monoisotopic (exact) mass is 693 g/mol. The standard InChI is InChI=1S/C35H63NO7Si3/c1-12-45(13-2,14-3)40-26-34-33(38)41-31(35(34,43-44(9,10)11)28(8)32(37)36-34)23-27(7)30(42-46(15-4,16-5)17-6)25-39-24-29-21-19-18-20-22-29/h18-22,27-28,30-31H,12-17,23-26H2,1-11H3,(H,36,37)/t27-,28+,30+,31+,34-,35-/m1/s1. The van der Waals surface area contributed by atoms with E-state index in [1.165, 1.54) is 0 Å². The molecule has 3 rings (SSSR count). The van der Waals surface area contributed by atoms with Crippen LogP contribution in [0.1, 0.15) is 67.4 Å². The van der Waals surface area contributed by atoms with E-state index in [0.717, 1.165) is 41.8 Å². The van der Waals surface area contributed by atoms with E-state index in [9.17, 15) is 9.59 Å². The van der Waals surface area contributed by atoms with E-state index in [4.69, 9.17) is 22.8 Å². The second-order valence-electron chi connectivity index (χ2n) is 14.7. The quantitative estimate of drug-likeness (QED) is 0.111. The van der Waals surface area contributed by atoms with Gasteiger partial charge in [0, 0.05) is 0 Å². The normalized spacial score (nSPS) is 26.5. The number of amides is 1. The molecule has 1 aromatic rings. The number of carbonyl (C=O) groups excluding carboxylic acids is 2. The fourth-order valence-electron chi connectivity index (χ4n) is 7.55. The number of ether oxygens (including phenoxy) is 2. The molecule has 0 unspecified atom stereocenters. The van der Waals surface area contributed by atoms with Gasteiger partial charge in [-0.05, 0) is 73.8 Å². The van der Waals surface area contributed by atoms with Crippen LogP contribution in [-0.2, 0) is 38.9 Å². The van der Waals surface area contributed by atoms with Crippen LogP contribution >= 0.6 is 0 Å². The molecule has 6 atom stereocenters. The van der Waals surface area contributed by atoms with Gasteiger partial charge in [-0.1, -0.05) is 85.7 Å². The second-order valence-corrected chi connectivity index (χ2v) is 28.6. The van der Waals surface area contributed by atoms with Gasteiger partial charge in [0.25, 0.3) is 0 Å². The molecule has 0 aliphatic carbocycles. The van der Waals surface area contributed by atoms with Gasteiger partial charge in [-0.25, -0.2) is 4.79 Å². The fraction of sp³-hybridized carbons (Fsp3) is 0.771. The van der Waals surface area contributed by atoms with Crippen LogP contribution in [0.4, 0.5) is 0 Å². The molecule has 1 aromatic carbocycles. The molecule has 2 aliphatic rings. The summed E-state index contributed by atoms with van der Waals surface area (Å²) in [6.45, 7) is 24.6. The molecule has 8 nitrogen and oxygen atoms in total. The zero-order valence-corrected chi connectivity index (χ0v) is 33.6. The predicted molar refractivity (Wildman–Crippen MR) is 192 cm³/mol. The highest BCUT2D eigenvalue weighted by Gasteiger charge is 2.77. The van der Waals surface area contributed by atoms with Crippen molar-refractivity contribution in [3.8, 4) is 0 Å². The first-order valence-electron chi connectivity index (χ1n) is 17.8. The molecule has 0 aromatic heterocycles. The summed E-state index contributed by atoms with van der Waals surface area (Å²) < 4.78 is 33.7. The van der Waals surface area contributed by atoms with E-state index >= 15 is 0 Å². The van der Waals surface area contributed by atoms with Gasteiger partial charge in [0.1, 0.15) is 11.7 Å². The Labute approximate surface area is 282 Å². The zero-order chi connectivity index (χ0) is 34.4. The summed E-state index contributed by atoms with van der Waals surface area (Å²) in [4.78, 5) is 27.8.